The molecule has 14 heavy (non-hydrogen) atoms. The van der Waals surface area contributed by atoms with E-state index in [-0.39, 0.29) is 5.91 Å². The Morgan fingerprint density at radius 1 is 1.57 bits per heavy atom. The Hall–Kier alpha value is -0.610. The molecular formula is C10H20N2O2. The molecule has 4 heteroatoms. The topological polar surface area (TPSA) is 66.6 Å². The number of likely N-dealkylation sites (tertiary alicyclic amines) is 1. The van der Waals surface area contributed by atoms with Crippen LogP contribution in [0.4, 0.5) is 0 Å². The van der Waals surface area contributed by atoms with Crippen LogP contribution in [0.25, 0.3) is 0 Å². The summed E-state index contributed by atoms with van der Waals surface area (Å²) in [6.07, 6.45) is 0.694. The minimum absolute atomic E-state index is 0.0399. The molecule has 1 fully saturated rings. The lowest BCUT2D eigenvalue weighted by Crippen LogP contribution is -2.65. The molecule has 0 radical (unpaired) electrons. The maximum absolute atomic E-state index is 11.8. The summed E-state index contributed by atoms with van der Waals surface area (Å²) in [6, 6.07) is 0. The predicted octanol–water partition coefficient (Wildman–Crippen LogP) is -0.0454. The molecule has 0 aromatic heterocycles. The van der Waals surface area contributed by atoms with E-state index in [0.717, 1.165) is 0 Å². The van der Waals surface area contributed by atoms with Crippen molar-refractivity contribution in [2.24, 2.45) is 11.1 Å². The van der Waals surface area contributed by atoms with Gasteiger partial charge in [0, 0.05) is 6.54 Å². The molecule has 1 rings (SSSR count). The fourth-order valence-corrected chi connectivity index (χ4v) is 1.55. The van der Waals surface area contributed by atoms with Crippen LogP contribution in [0, 0.1) is 5.41 Å². The summed E-state index contributed by atoms with van der Waals surface area (Å²) in [5.41, 5.74) is 4.36. The lowest BCUT2D eigenvalue weighted by Gasteiger charge is -2.48. The summed E-state index contributed by atoms with van der Waals surface area (Å²) >= 11 is 0. The normalized spacial score (nSPS) is 20.5. The quantitative estimate of drug-likeness (QED) is 0.671. The molecule has 1 aliphatic rings. The van der Waals surface area contributed by atoms with Crippen LogP contribution >= 0.6 is 0 Å². The van der Waals surface area contributed by atoms with Crippen LogP contribution in [0.2, 0.25) is 0 Å². The molecule has 0 saturated carbocycles. The fraction of sp³-hybridized carbons (Fsp3) is 0.900. The van der Waals surface area contributed by atoms with Gasteiger partial charge in [0.2, 0.25) is 5.91 Å². The zero-order chi connectivity index (χ0) is 11.0. The molecule has 0 atom stereocenters. The highest BCUT2D eigenvalue weighted by molar-refractivity contribution is 5.83. The minimum Gasteiger partial charge on any atom is -0.386 e. The summed E-state index contributed by atoms with van der Waals surface area (Å²) in [5.74, 6) is 0.0399. The highest BCUT2D eigenvalue weighted by Crippen LogP contribution is 2.28. The van der Waals surface area contributed by atoms with Crippen molar-refractivity contribution in [1.29, 1.82) is 0 Å². The average molecular weight is 200 g/mol. The zero-order valence-corrected chi connectivity index (χ0v) is 9.21. The van der Waals surface area contributed by atoms with Gasteiger partial charge >= 0.3 is 0 Å². The van der Waals surface area contributed by atoms with E-state index in [0.29, 0.717) is 26.1 Å². The van der Waals surface area contributed by atoms with Crippen molar-refractivity contribution >= 4 is 5.91 Å². The molecule has 0 spiro atoms. The van der Waals surface area contributed by atoms with Gasteiger partial charge in [-0.1, -0.05) is 6.92 Å². The van der Waals surface area contributed by atoms with Gasteiger partial charge < -0.3 is 15.7 Å². The molecule has 0 aromatic rings. The van der Waals surface area contributed by atoms with E-state index in [4.69, 9.17) is 5.73 Å². The van der Waals surface area contributed by atoms with Crippen molar-refractivity contribution in [2.45, 2.75) is 32.8 Å². The lowest BCUT2D eigenvalue weighted by molar-refractivity contribution is -0.164. The third-order valence-electron chi connectivity index (χ3n) is 3.00. The van der Waals surface area contributed by atoms with Crippen LogP contribution < -0.4 is 5.73 Å². The van der Waals surface area contributed by atoms with Crippen LogP contribution in [0.15, 0.2) is 0 Å². The van der Waals surface area contributed by atoms with Crippen LogP contribution in [0.3, 0.4) is 0 Å². The number of hydrogen-bond acceptors (Lipinski definition) is 3. The molecule has 82 valence electrons. The van der Waals surface area contributed by atoms with Gasteiger partial charge in [-0.05, 0) is 20.3 Å². The number of amides is 1. The van der Waals surface area contributed by atoms with Gasteiger partial charge in [-0.25, -0.2) is 0 Å². The third-order valence-corrected chi connectivity index (χ3v) is 3.00. The number of nitrogens with two attached hydrogens (primary N) is 1. The highest BCUT2D eigenvalue weighted by atomic mass is 16.3. The molecule has 1 aliphatic heterocycles. The largest absolute Gasteiger partial charge is 0.386 e. The van der Waals surface area contributed by atoms with Crippen molar-refractivity contribution in [3.63, 3.8) is 0 Å². The van der Waals surface area contributed by atoms with Gasteiger partial charge in [0.15, 0.2) is 0 Å². The molecule has 0 unspecified atom stereocenters. The van der Waals surface area contributed by atoms with E-state index < -0.39 is 11.0 Å². The first kappa shape index (κ1) is 11.5. The smallest absolute Gasteiger partial charge is 0.229 e. The number of hydrogen-bond donors (Lipinski definition) is 2. The molecule has 0 aliphatic carbocycles. The molecule has 1 heterocycles. The van der Waals surface area contributed by atoms with Gasteiger partial charge in [0.1, 0.15) is 0 Å². The minimum atomic E-state index is -0.652. The standard InChI is InChI=1S/C10H20N2O2/c1-4-10(14)6-12(7-10)8(13)9(2,3)5-11/h14H,4-7,11H2,1-3H3. The summed E-state index contributed by atoms with van der Waals surface area (Å²) in [4.78, 5) is 13.5. The first-order chi connectivity index (χ1) is 6.34. The lowest BCUT2D eigenvalue weighted by atomic mass is 9.85. The van der Waals surface area contributed by atoms with Gasteiger partial charge in [0.05, 0.1) is 24.1 Å². The second-order valence-corrected chi connectivity index (χ2v) is 4.83. The number of rotatable bonds is 3. The van der Waals surface area contributed by atoms with Crippen molar-refractivity contribution in [1.82, 2.24) is 4.90 Å². The van der Waals surface area contributed by atoms with E-state index in [2.05, 4.69) is 0 Å². The summed E-state index contributed by atoms with van der Waals surface area (Å²) in [5, 5.41) is 9.75. The number of β-amino-alcohol motifs (C(OH)–C–C–N with tert-alkyl or cyclic N) is 1. The molecule has 4 nitrogen and oxygen atoms in total. The van der Waals surface area contributed by atoms with Crippen molar-refractivity contribution < 1.29 is 9.90 Å². The number of aliphatic hydroxyl groups is 1. The van der Waals surface area contributed by atoms with Gasteiger partial charge in [-0.2, -0.15) is 0 Å². The predicted molar refractivity (Wildman–Crippen MR) is 54.7 cm³/mol. The van der Waals surface area contributed by atoms with Crippen LogP contribution in [-0.4, -0.2) is 41.1 Å². The van der Waals surface area contributed by atoms with Crippen molar-refractivity contribution in [2.75, 3.05) is 19.6 Å². The molecule has 1 saturated heterocycles. The number of carbonyl (C=O) groups is 1. The highest BCUT2D eigenvalue weighted by Gasteiger charge is 2.45. The maximum Gasteiger partial charge on any atom is 0.229 e. The second-order valence-electron chi connectivity index (χ2n) is 4.83. The molecule has 1 amide bonds. The van der Waals surface area contributed by atoms with Crippen molar-refractivity contribution in [3.05, 3.63) is 0 Å². The van der Waals surface area contributed by atoms with Gasteiger partial charge in [0.25, 0.3) is 0 Å². The van der Waals surface area contributed by atoms with E-state index in [9.17, 15) is 9.90 Å². The monoisotopic (exact) mass is 200 g/mol. The molecular weight excluding hydrogens is 180 g/mol. The Morgan fingerprint density at radius 2 is 2.07 bits per heavy atom. The Kier molecular flexibility index (Phi) is 2.88. The SMILES string of the molecule is CCC1(O)CN(C(=O)C(C)(C)CN)C1. The number of carbonyl (C=O) groups excluding carboxylic acids is 1. The fourth-order valence-electron chi connectivity index (χ4n) is 1.55. The maximum atomic E-state index is 11.8. The van der Waals surface area contributed by atoms with E-state index in [1.807, 2.05) is 20.8 Å². The second kappa shape index (κ2) is 3.51. The van der Waals surface area contributed by atoms with Crippen LogP contribution in [-0.2, 0) is 4.79 Å². The summed E-state index contributed by atoms with van der Waals surface area (Å²) in [7, 11) is 0. The molecule has 3 N–H and O–H groups in total. The van der Waals surface area contributed by atoms with Gasteiger partial charge in [-0.15, -0.1) is 0 Å². The van der Waals surface area contributed by atoms with Crippen molar-refractivity contribution in [3.8, 4) is 0 Å². The Morgan fingerprint density at radius 3 is 2.43 bits per heavy atom. The van der Waals surface area contributed by atoms with E-state index in [1.165, 1.54) is 0 Å². The van der Waals surface area contributed by atoms with Crippen LogP contribution in [0.5, 0.6) is 0 Å². The van der Waals surface area contributed by atoms with Crippen LogP contribution in [0.1, 0.15) is 27.2 Å². The Bertz CT molecular complexity index is 232. The van der Waals surface area contributed by atoms with E-state index in [1.54, 1.807) is 4.90 Å². The third kappa shape index (κ3) is 1.91. The Balaban J connectivity index is 2.52. The Labute approximate surface area is 85.1 Å². The first-order valence-corrected chi connectivity index (χ1v) is 5.06. The van der Waals surface area contributed by atoms with E-state index >= 15 is 0 Å². The summed E-state index contributed by atoms with van der Waals surface area (Å²) < 4.78 is 0. The first-order valence-electron chi connectivity index (χ1n) is 5.06. The van der Waals surface area contributed by atoms with Gasteiger partial charge in [-0.3, -0.25) is 4.79 Å². The molecule has 0 aromatic carbocycles. The molecule has 0 bridgehead atoms. The average Bonchev–Trinajstić information content (AvgIpc) is 2.11. The number of nitrogens with zero attached hydrogens (tertiary/aromatic N) is 1. The summed E-state index contributed by atoms with van der Waals surface area (Å²) in [6.45, 7) is 6.83. The zero-order valence-electron chi connectivity index (χ0n) is 9.21.